The van der Waals surface area contributed by atoms with E-state index in [1.165, 1.54) is 0 Å². The molecule has 4 heteroatoms. The zero-order chi connectivity index (χ0) is 12.6. The highest BCUT2D eigenvalue weighted by molar-refractivity contribution is 5.79. The fraction of sp³-hybridized carbons (Fsp3) is 0.833. The van der Waals surface area contributed by atoms with Crippen molar-refractivity contribution >= 4 is 11.9 Å². The lowest BCUT2D eigenvalue weighted by Gasteiger charge is -2.15. The van der Waals surface area contributed by atoms with Gasteiger partial charge in [0.1, 0.15) is 0 Å². The van der Waals surface area contributed by atoms with Gasteiger partial charge in [0.15, 0.2) is 0 Å². The van der Waals surface area contributed by atoms with Crippen LogP contribution in [0.4, 0.5) is 0 Å². The van der Waals surface area contributed by atoms with Gasteiger partial charge in [-0.2, -0.15) is 0 Å². The summed E-state index contributed by atoms with van der Waals surface area (Å²) in [6, 6.07) is 0. The van der Waals surface area contributed by atoms with Crippen LogP contribution in [-0.2, 0) is 14.3 Å². The lowest BCUT2D eigenvalue weighted by Crippen LogP contribution is -2.23. The Kier molecular flexibility index (Phi) is 7.60. The van der Waals surface area contributed by atoms with E-state index >= 15 is 0 Å². The normalized spacial score (nSPS) is 12.5. The Morgan fingerprint density at radius 1 is 1.31 bits per heavy atom. The van der Waals surface area contributed by atoms with E-state index in [1.54, 1.807) is 0 Å². The smallest absolute Gasteiger partial charge is 0.309 e. The van der Waals surface area contributed by atoms with E-state index < -0.39 is 11.9 Å². The van der Waals surface area contributed by atoms with E-state index in [2.05, 4.69) is 0 Å². The van der Waals surface area contributed by atoms with E-state index in [1.807, 2.05) is 20.8 Å². The Morgan fingerprint density at radius 3 is 2.38 bits per heavy atom. The first-order valence-electron chi connectivity index (χ1n) is 5.85. The van der Waals surface area contributed by atoms with Gasteiger partial charge in [0.2, 0.25) is 0 Å². The Bertz CT molecular complexity index is 223. The number of carbonyl (C=O) groups excluding carboxylic acids is 1. The quantitative estimate of drug-likeness (QED) is 0.514. The Labute approximate surface area is 97.0 Å². The Hall–Kier alpha value is -1.06. The molecular weight excluding hydrogens is 208 g/mol. The van der Waals surface area contributed by atoms with E-state index in [0.29, 0.717) is 18.9 Å². The number of ether oxygens (including phenoxy) is 1. The number of carbonyl (C=O) groups is 2. The lowest BCUT2D eigenvalue weighted by atomic mass is 9.94. The summed E-state index contributed by atoms with van der Waals surface area (Å²) in [6.45, 7) is 6.34. The van der Waals surface area contributed by atoms with Crippen LogP contribution in [0.15, 0.2) is 0 Å². The van der Waals surface area contributed by atoms with Gasteiger partial charge >= 0.3 is 11.9 Å². The third-order valence-corrected chi connectivity index (χ3v) is 2.25. The van der Waals surface area contributed by atoms with Gasteiger partial charge in [-0.25, -0.2) is 0 Å². The second kappa shape index (κ2) is 8.13. The van der Waals surface area contributed by atoms with Crippen LogP contribution in [0, 0.1) is 11.8 Å². The molecule has 16 heavy (non-hydrogen) atoms. The molecule has 0 fully saturated rings. The molecule has 0 aliphatic carbocycles. The van der Waals surface area contributed by atoms with Crippen LogP contribution < -0.4 is 0 Å². The van der Waals surface area contributed by atoms with Crippen LogP contribution >= 0.6 is 0 Å². The highest BCUT2D eigenvalue weighted by Gasteiger charge is 2.23. The number of carboxylic acid groups (broad SMARTS) is 1. The van der Waals surface area contributed by atoms with Crippen molar-refractivity contribution in [3.8, 4) is 0 Å². The van der Waals surface area contributed by atoms with Crippen molar-refractivity contribution in [1.82, 2.24) is 0 Å². The second-order valence-corrected chi connectivity index (χ2v) is 4.45. The molecule has 0 heterocycles. The number of aliphatic carboxylic acids is 1. The summed E-state index contributed by atoms with van der Waals surface area (Å²) < 4.78 is 5.04. The van der Waals surface area contributed by atoms with Crippen molar-refractivity contribution in [2.45, 2.75) is 46.5 Å². The van der Waals surface area contributed by atoms with Crippen molar-refractivity contribution in [3.63, 3.8) is 0 Å². The molecule has 4 nitrogen and oxygen atoms in total. The highest BCUT2D eigenvalue weighted by atomic mass is 16.5. The summed E-state index contributed by atoms with van der Waals surface area (Å²) in [5, 5.41) is 8.71. The van der Waals surface area contributed by atoms with Crippen LogP contribution in [0.5, 0.6) is 0 Å². The largest absolute Gasteiger partial charge is 0.481 e. The molecule has 0 aliphatic rings. The lowest BCUT2D eigenvalue weighted by molar-refractivity contribution is -0.153. The minimum Gasteiger partial charge on any atom is -0.481 e. The zero-order valence-corrected chi connectivity index (χ0v) is 10.4. The number of carboxylic acids is 1. The van der Waals surface area contributed by atoms with Gasteiger partial charge in [0.25, 0.3) is 0 Å². The number of rotatable bonds is 8. The Balaban J connectivity index is 4.15. The number of hydrogen-bond acceptors (Lipinski definition) is 3. The predicted octanol–water partition coefficient (Wildman–Crippen LogP) is 2.47. The maximum atomic E-state index is 11.6. The third-order valence-electron chi connectivity index (χ3n) is 2.25. The SMILES string of the molecule is CCCCOC(=O)C(CC(=O)O)CC(C)C. The monoisotopic (exact) mass is 230 g/mol. The number of hydrogen-bond donors (Lipinski definition) is 1. The molecule has 0 rings (SSSR count). The van der Waals surface area contributed by atoms with E-state index in [-0.39, 0.29) is 12.4 Å². The van der Waals surface area contributed by atoms with Gasteiger partial charge in [0, 0.05) is 0 Å². The van der Waals surface area contributed by atoms with Crippen molar-refractivity contribution in [2.75, 3.05) is 6.61 Å². The summed E-state index contributed by atoms with van der Waals surface area (Å²) in [5.41, 5.74) is 0. The van der Waals surface area contributed by atoms with E-state index in [9.17, 15) is 9.59 Å². The minimum absolute atomic E-state index is 0.136. The molecule has 0 bridgehead atoms. The average Bonchev–Trinajstić information content (AvgIpc) is 2.15. The van der Waals surface area contributed by atoms with Crippen molar-refractivity contribution < 1.29 is 19.4 Å². The number of unbranched alkanes of at least 4 members (excludes halogenated alkanes) is 1. The molecule has 0 amide bonds. The first-order valence-corrected chi connectivity index (χ1v) is 5.85. The predicted molar refractivity (Wildman–Crippen MR) is 61.1 cm³/mol. The maximum Gasteiger partial charge on any atom is 0.309 e. The summed E-state index contributed by atoms with van der Waals surface area (Å²) in [7, 11) is 0. The van der Waals surface area contributed by atoms with Crippen LogP contribution in [-0.4, -0.2) is 23.7 Å². The van der Waals surface area contributed by atoms with Crippen molar-refractivity contribution in [3.05, 3.63) is 0 Å². The molecule has 94 valence electrons. The molecule has 0 aromatic carbocycles. The fourth-order valence-electron chi connectivity index (χ4n) is 1.48. The molecule has 1 N–H and O–H groups in total. The summed E-state index contributed by atoms with van der Waals surface area (Å²) in [4.78, 5) is 22.2. The molecule has 0 spiro atoms. The molecule has 1 unspecified atom stereocenters. The topological polar surface area (TPSA) is 63.6 Å². The third kappa shape index (κ3) is 7.26. The van der Waals surface area contributed by atoms with E-state index in [4.69, 9.17) is 9.84 Å². The van der Waals surface area contributed by atoms with Gasteiger partial charge in [-0.3, -0.25) is 9.59 Å². The van der Waals surface area contributed by atoms with Gasteiger partial charge in [0.05, 0.1) is 18.9 Å². The van der Waals surface area contributed by atoms with Gasteiger partial charge < -0.3 is 9.84 Å². The zero-order valence-electron chi connectivity index (χ0n) is 10.4. The maximum absolute atomic E-state index is 11.6. The molecule has 0 saturated heterocycles. The van der Waals surface area contributed by atoms with Gasteiger partial charge in [-0.1, -0.05) is 27.2 Å². The molecule has 0 aliphatic heterocycles. The molecule has 0 aromatic rings. The standard InChI is InChI=1S/C12H22O4/c1-4-5-6-16-12(15)10(7-9(2)3)8-11(13)14/h9-10H,4-8H2,1-3H3,(H,13,14). The van der Waals surface area contributed by atoms with Crippen LogP contribution in [0.1, 0.15) is 46.5 Å². The average molecular weight is 230 g/mol. The molecule has 1 atom stereocenters. The van der Waals surface area contributed by atoms with Crippen LogP contribution in [0.3, 0.4) is 0 Å². The summed E-state index contributed by atoms with van der Waals surface area (Å²) in [6.07, 6.45) is 2.22. The minimum atomic E-state index is -0.946. The van der Waals surface area contributed by atoms with Gasteiger partial charge in [-0.15, -0.1) is 0 Å². The van der Waals surface area contributed by atoms with Crippen LogP contribution in [0.25, 0.3) is 0 Å². The summed E-state index contributed by atoms with van der Waals surface area (Å²) in [5.74, 6) is -1.53. The van der Waals surface area contributed by atoms with Crippen LogP contribution in [0.2, 0.25) is 0 Å². The number of esters is 1. The van der Waals surface area contributed by atoms with Crippen molar-refractivity contribution in [2.24, 2.45) is 11.8 Å². The van der Waals surface area contributed by atoms with Gasteiger partial charge in [-0.05, 0) is 18.8 Å². The molecule has 0 aromatic heterocycles. The molecular formula is C12H22O4. The molecule has 0 saturated carbocycles. The van der Waals surface area contributed by atoms with Crippen molar-refractivity contribution in [1.29, 1.82) is 0 Å². The highest BCUT2D eigenvalue weighted by Crippen LogP contribution is 2.17. The fourth-order valence-corrected chi connectivity index (χ4v) is 1.48. The molecule has 0 radical (unpaired) electrons. The first kappa shape index (κ1) is 14.9. The van der Waals surface area contributed by atoms with E-state index in [0.717, 1.165) is 12.8 Å². The summed E-state index contributed by atoms with van der Waals surface area (Å²) >= 11 is 0. The second-order valence-electron chi connectivity index (χ2n) is 4.45. The first-order chi connectivity index (χ1) is 7.47. The Morgan fingerprint density at radius 2 is 1.94 bits per heavy atom.